The Kier molecular flexibility index (Phi) is 10.0. The first-order chi connectivity index (χ1) is 21.2. The summed E-state index contributed by atoms with van der Waals surface area (Å²) in [5.41, 5.74) is 7.56. The predicted molar refractivity (Wildman–Crippen MR) is 183 cm³/mol. The minimum Gasteiger partial charge on any atom is -0.497 e. The van der Waals surface area contributed by atoms with E-state index < -0.39 is 0 Å². The van der Waals surface area contributed by atoms with Crippen molar-refractivity contribution >= 4 is 41.4 Å². The Labute approximate surface area is 255 Å². The van der Waals surface area contributed by atoms with E-state index in [2.05, 4.69) is 126 Å². The number of ether oxygens (including phenoxy) is 2. The van der Waals surface area contributed by atoms with E-state index in [1.807, 2.05) is 54.6 Å². The van der Waals surface area contributed by atoms with Crippen LogP contribution in [-0.4, -0.2) is 14.2 Å². The quantitative estimate of drug-likeness (QED) is 0.150. The van der Waals surface area contributed by atoms with Gasteiger partial charge in [0.05, 0.1) is 19.9 Å². The number of methoxy groups -OCH3 is 2. The second-order valence-electron chi connectivity index (χ2n) is 9.81. The van der Waals surface area contributed by atoms with Crippen molar-refractivity contribution in [3.63, 3.8) is 0 Å². The van der Waals surface area contributed by atoms with Gasteiger partial charge < -0.3 is 14.4 Å². The average molecular weight is 562 g/mol. The standard InChI is InChI=1S/C40H35NO2/c1-42-38-29-30-39(40(31-38)43-2)41(36-25-21-34(22-26-36)19-11-9-17-32-13-5-3-6-14-32)37-27-23-35(24-28-37)20-12-10-18-33-15-7-4-8-16-33/h3-31H,1-2H3/b17-9+,18-10+,19-11+,20-12+. The maximum absolute atomic E-state index is 5.80. The second kappa shape index (κ2) is 14.9. The van der Waals surface area contributed by atoms with Gasteiger partial charge in [0, 0.05) is 17.4 Å². The largest absolute Gasteiger partial charge is 0.497 e. The second-order valence-corrected chi connectivity index (χ2v) is 9.81. The first-order valence-corrected chi connectivity index (χ1v) is 14.3. The molecule has 5 rings (SSSR count). The Balaban J connectivity index is 1.39. The summed E-state index contributed by atoms with van der Waals surface area (Å²) in [5, 5.41) is 0. The molecule has 0 aliphatic rings. The third-order valence-electron chi connectivity index (χ3n) is 6.91. The van der Waals surface area contributed by atoms with Crippen molar-refractivity contribution in [2.45, 2.75) is 0 Å². The molecule has 0 saturated carbocycles. The van der Waals surface area contributed by atoms with Gasteiger partial charge in [-0.1, -0.05) is 134 Å². The molecule has 43 heavy (non-hydrogen) atoms. The topological polar surface area (TPSA) is 21.7 Å². The number of hydrogen-bond acceptors (Lipinski definition) is 3. The lowest BCUT2D eigenvalue weighted by atomic mass is 10.1. The van der Waals surface area contributed by atoms with Crippen molar-refractivity contribution in [1.82, 2.24) is 0 Å². The zero-order valence-electron chi connectivity index (χ0n) is 24.5. The van der Waals surface area contributed by atoms with Crippen LogP contribution >= 0.6 is 0 Å². The number of nitrogens with zero attached hydrogens (tertiary/aromatic N) is 1. The number of allylic oxidation sites excluding steroid dienone is 4. The van der Waals surface area contributed by atoms with Crippen molar-refractivity contribution < 1.29 is 9.47 Å². The molecule has 0 saturated heterocycles. The van der Waals surface area contributed by atoms with Crippen LogP contribution in [0.15, 0.2) is 152 Å². The predicted octanol–water partition coefficient (Wildman–Crippen LogP) is 10.6. The molecule has 0 aromatic heterocycles. The van der Waals surface area contributed by atoms with Gasteiger partial charge in [-0.15, -0.1) is 0 Å². The fourth-order valence-corrected chi connectivity index (χ4v) is 4.66. The molecule has 0 bridgehead atoms. The van der Waals surface area contributed by atoms with Gasteiger partial charge in [-0.2, -0.15) is 0 Å². The van der Waals surface area contributed by atoms with Crippen molar-refractivity contribution in [2.75, 3.05) is 19.1 Å². The van der Waals surface area contributed by atoms with Gasteiger partial charge in [0.1, 0.15) is 11.5 Å². The van der Waals surface area contributed by atoms with Crippen LogP contribution < -0.4 is 14.4 Å². The Bertz CT molecular complexity index is 1600. The van der Waals surface area contributed by atoms with E-state index in [0.717, 1.165) is 39.7 Å². The SMILES string of the molecule is COc1ccc(N(c2ccc(/C=C/C=C/c3ccccc3)cc2)c2ccc(/C=C/C=C/c3ccccc3)cc2)c(OC)c1. The Morgan fingerprint density at radius 1 is 0.442 bits per heavy atom. The molecule has 5 aromatic carbocycles. The van der Waals surface area contributed by atoms with Crippen LogP contribution in [0.3, 0.4) is 0 Å². The molecule has 0 aliphatic carbocycles. The summed E-state index contributed by atoms with van der Waals surface area (Å²) in [6, 6.07) is 43.5. The highest BCUT2D eigenvalue weighted by Crippen LogP contribution is 2.41. The van der Waals surface area contributed by atoms with Gasteiger partial charge in [0.15, 0.2) is 0 Å². The Morgan fingerprint density at radius 2 is 0.860 bits per heavy atom. The summed E-state index contributed by atoms with van der Waals surface area (Å²) >= 11 is 0. The van der Waals surface area contributed by atoms with E-state index in [4.69, 9.17) is 9.47 Å². The minimum absolute atomic E-state index is 0.726. The van der Waals surface area contributed by atoms with E-state index in [-0.39, 0.29) is 0 Å². The number of rotatable bonds is 11. The van der Waals surface area contributed by atoms with Crippen LogP contribution in [0, 0.1) is 0 Å². The molecule has 0 radical (unpaired) electrons. The van der Waals surface area contributed by atoms with Crippen molar-refractivity contribution in [1.29, 1.82) is 0 Å². The summed E-state index contributed by atoms with van der Waals surface area (Å²) < 4.78 is 11.3. The molecule has 0 heterocycles. The summed E-state index contributed by atoms with van der Waals surface area (Å²) in [6.07, 6.45) is 16.7. The highest BCUT2D eigenvalue weighted by atomic mass is 16.5. The van der Waals surface area contributed by atoms with Crippen LogP contribution in [0.4, 0.5) is 17.1 Å². The van der Waals surface area contributed by atoms with E-state index >= 15 is 0 Å². The zero-order valence-corrected chi connectivity index (χ0v) is 24.5. The summed E-state index contributed by atoms with van der Waals surface area (Å²) in [7, 11) is 3.35. The number of anilines is 3. The molecule has 0 spiro atoms. The lowest BCUT2D eigenvalue weighted by Gasteiger charge is -2.27. The van der Waals surface area contributed by atoms with Crippen LogP contribution in [0.25, 0.3) is 24.3 Å². The van der Waals surface area contributed by atoms with Crippen LogP contribution in [-0.2, 0) is 0 Å². The van der Waals surface area contributed by atoms with E-state index in [9.17, 15) is 0 Å². The van der Waals surface area contributed by atoms with Crippen LogP contribution in [0.5, 0.6) is 11.5 Å². The first-order valence-electron chi connectivity index (χ1n) is 14.3. The molecule has 0 fully saturated rings. The molecular formula is C40H35NO2. The van der Waals surface area contributed by atoms with Gasteiger partial charge in [-0.3, -0.25) is 0 Å². The highest BCUT2D eigenvalue weighted by Gasteiger charge is 2.17. The first kappa shape index (κ1) is 29.0. The van der Waals surface area contributed by atoms with Crippen molar-refractivity contribution in [2.24, 2.45) is 0 Å². The van der Waals surface area contributed by atoms with Gasteiger partial charge in [0.2, 0.25) is 0 Å². The summed E-state index contributed by atoms with van der Waals surface area (Å²) in [4.78, 5) is 2.20. The van der Waals surface area contributed by atoms with Gasteiger partial charge in [0.25, 0.3) is 0 Å². The van der Waals surface area contributed by atoms with E-state index in [1.165, 1.54) is 11.1 Å². The minimum atomic E-state index is 0.726. The molecule has 0 aliphatic heterocycles. The maximum atomic E-state index is 5.80. The summed E-state index contributed by atoms with van der Waals surface area (Å²) in [6.45, 7) is 0. The monoisotopic (exact) mass is 561 g/mol. The molecule has 212 valence electrons. The lowest BCUT2D eigenvalue weighted by molar-refractivity contribution is 0.395. The highest BCUT2D eigenvalue weighted by molar-refractivity contribution is 5.81. The Morgan fingerprint density at radius 3 is 1.26 bits per heavy atom. The van der Waals surface area contributed by atoms with Gasteiger partial charge >= 0.3 is 0 Å². The van der Waals surface area contributed by atoms with Gasteiger partial charge in [-0.05, 0) is 58.7 Å². The van der Waals surface area contributed by atoms with Crippen LogP contribution in [0.2, 0.25) is 0 Å². The van der Waals surface area contributed by atoms with E-state index in [0.29, 0.717) is 0 Å². The molecular weight excluding hydrogens is 526 g/mol. The van der Waals surface area contributed by atoms with Gasteiger partial charge in [-0.25, -0.2) is 0 Å². The van der Waals surface area contributed by atoms with Crippen molar-refractivity contribution in [3.8, 4) is 11.5 Å². The molecule has 0 amide bonds. The average Bonchev–Trinajstić information content (AvgIpc) is 3.07. The molecule has 0 unspecified atom stereocenters. The number of benzene rings is 5. The van der Waals surface area contributed by atoms with Crippen LogP contribution in [0.1, 0.15) is 22.3 Å². The molecule has 0 N–H and O–H groups in total. The summed E-state index contributed by atoms with van der Waals surface area (Å²) in [5.74, 6) is 1.47. The zero-order chi connectivity index (χ0) is 29.7. The third-order valence-corrected chi connectivity index (χ3v) is 6.91. The maximum Gasteiger partial charge on any atom is 0.146 e. The normalized spacial score (nSPS) is 11.6. The van der Waals surface area contributed by atoms with E-state index in [1.54, 1.807) is 14.2 Å². The molecule has 5 aromatic rings. The molecule has 3 nitrogen and oxygen atoms in total. The lowest BCUT2D eigenvalue weighted by Crippen LogP contribution is -2.11. The molecule has 0 atom stereocenters. The number of hydrogen-bond donors (Lipinski definition) is 0. The van der Waals surface area contributed by atoms with Crippen molar-refractivity contribution in [3.05, 3.63) is 174 Å². The fourth-order valence-electron chi connectivity index (χ4n) is 4.66. The fraction of sp³-hybridized carbons (Fsp3) is 0.0500. The third kappa shape index (κ3) is 8.02. The smallest absolute Gasteiger partial charge is 0.146 e. The molecule has 3 heteroatoms. The Hall–Kier alpha value is -5.54.